The topological polar surface area (TPSA) is 60.5 Å². The lowest BCUT2D eigenvalue weighted by Gasteiger charge is -2.04. The van der Waals surface area contributed by atoms with E-state index >= 15 is 0 Å². The molecule has 0 unspecified atom stereocenters. The first-order chi connectivity index (χ1) is 11.2. The summed E-state index contributed by atoms with van der Waals surface area (Å²) in [5, 5.41) is 3.39. The number of hydrogen-bond acceptors (Lipinski definition) is 5. The van der Waals surface area contributed by atoms with Crippen LogP contribution in [-0.4, -0.2) is 25.1 Å². The van der Waals surface area contributed by atoms with Gasteiger partial charge in [0.2, 0.25) is 0 Å². The Labute approximate surface area is 137 Å². The zero-order valence-electron chi connectivity index (χ0n) is 12.8. The highest BCUT2D eigenvalue weighted by atomic mass is 32.1. The van der Waals surface area contributed by atoms with Crippen LogP contribution in [0, 0.1) is 0 Å². The van der Waals surface area contributed by atoms with E-state index in [0.29, 0.717) is 23.1 Å². The van der Waals surface area contributed by atoms with Gasteiger partial charge in [0.05, 0.1) is 18.4 Å². The van der Waals surface area contributed by atoms with E-state index < -0.39 is 0 Å². The highest BCUT2D eigenvalue weighted by Crippen LogP contribution is 2.32. The van der Waals surface area contributed by atoms with E-state index in [4.69, 9.17) is 9.47 Å². The average Bonchev–Trinajstić information content (AvgIpc) is 2.97. The Morgan fingerprint density at radius 2 is 2.04 bits per heavy atom. The Morgan fingerprint density at radius 3 is 2.83 bits per heavy atom. The van der Waals surface area contributed by atoms with Crippen molar-refractivity contribution in [2.45, 2.75) is 6.61 Å². The Hall–Kier alpha value is -2.44. The molecule has 118 valence electrons. The first-order valence-corrected chi connectivity index (χ1v) is 7.85. The molecule has 0 bridgehead atoms. The molecule has 1 amide bonds. The van der Waals surface area contributed by atoms with Gasteiger partial charge >= 0.3 is 0 Å². The fraction of sp³-hybridized carbons (Fsp3) is 0.176. The number of hydrogen-bond donors (Lipinski definition) is 1. The lowest BCUT2D eigenvalue weighted by molar-refractivity contribution is 0.102. The number of aromatic nitrogens is 1. The molecule has 0 aliphatic heterocycles. The Kier molecular flexibility index (Phi) is 4.55. The fourth-order valence-electron chi connectivity index (χ4n) is 2.28. The standard InChI is InChI=1S/C17H16N2O3S/c1-21-10-11-5-3-6-12(9-11)16(20)19-17-18-15-13(22-2)7-4-8-14(15)23-17/h3-9H,10H2,1-2H3,(H,18,19,20). The molecular formula is C17H16N2O3S. The maximum Gasteiger partial charge on any atom is 0.257 e. The summed E-state index contributed by atoms with van der Waals surface area (Å²) in [6, 6.07) is 13.0. The van der Waals surface area contributed by atoms with Gasteiger partial charge in [-0.3, -0.25) is 10.1 Å². The number of nitrogens with zero attached hydrogens (tertiary/aromatic N) is 1. The predicted octanol–water partition coefficient (Wildman–Crippen LogP) is 3.70. The van der Waals surface area contributed by atoms with Crippen LogP contribution in [0.1, 0.15) is 15.9 Å². The summed E-state index contributed by atoms with van der Waals surface area (Å²) in [5.41, 5.74) is 2.28. The van der Waals surface area contributed by atoms with Gasteiger partial charge in [-0.15, -0.1) is 0 Å². The minimum absolute atomic E-state index is 0.194. The molecule has 1 N–H and O–H groups in total. The number of ether oxygens (including phenoxy) is 2. The molecule has 1 aromatic heterocycles. The van der Waals surface area contributed by atoms with Crippen molar-refractivity contribution in [2.75, 3.05) is 19.5 Å². The zero-order valence-corrected chi connectivity index (χ0v) is 13.6. The van der Waals surface area contributed by atoms with E-state index in [9.17, 15) is 4.79 Å². The molecular weight excluding hydrogens is 312 g/mol. The number of anilines is 1. The first kappa shape index (κ1) is 15.5. The second-order valence-corrected chi connectivity index (χ2v) is 5.94. The Balaban J connectivity index is 1.84. The third-order valence-electron chi connectivity index (χ3n) is 3.32. The lowest BCUT2D eigenvalue weighted by atomic mass is 10.1. The third kappa shape index (κ3) is 3.33. The van der Waals surface area contributed by atoms with Gasteiger partial charge in [-0.25, -0.2) is 4.98 Å². The average molecular weight is 328 g/mol. The number of fused-ring (bicyclic) bond motifs is 1. The van der Waals surface area contributed by atoms with E-state index in [2.05, 4.69) is 10.3 Å². The van der Waals surface area contributed by atoms with Gasteiger partial charge in [0.25, 0.3) is 5.91 Å². The highest BCUT2D eigenvalue weighted by molar-refractivity contribution is 7.22. The second-order valence-electron chi connectivity index (χ2n) is 4.91. The van der Waals surface area contributed by atoms with Crippen molar-refractivity contribution in [1.82, 2.24) is 4.98 Å². The minimum Gasteiger partial charge on any atom is -0.494 e. The molecule has 23 heavy (non-hydrogen) atoms. The largest absolute Gasteiger partial charge is 0.494 e. The van der Waals surface area contributed by atoms with Crippen LogP contribution in [0.25, 0.3) is 10.2 Å². The van der Waals surface area contributed by atoms with Gasteiger partial charge < -0.3 is 9.47 Å². The van der Waals surface area contributed by atoms with Crippen molar-refractivity contribution in [2.24, 2.45) is 0 Å². The lowest BCUT2D eigenvalue weighted by Crippen LogP contribution is -2.12. The van der Waals surface area contributed by atoms with E-state index in [0.717, 1.165) is 15.8 Å². The number of benzene rings is 2. The van der Waals surface area contributed by atoms with E-state index in [1.165, 1.54) is 11.3 Å². The monoisotopic (exact) mass is 328 g/mol. The maximum atomic E-state index is 12.4. The van der Waals surface area contributed by atoms with Crippen molar-refractivity contribution >= 4 is 32.6 Å². The molecule has 6 heteroatoms. The Morgan fingerprint density at radius 1 is 1.22 bits per heavy atom. The molecule has 0 spiro atoms. The normalized spacial score (nSPS) is 10.7. The summed E-state index contributed by atoms with van der Waals surface area (Å²) in [4.78, 5) is 16.8. The molecule has 3 rings (SSSR count). The van der Waals surface area contributed by atoms with Gasteiger partial charge in [0.15, 0.2) is 5.13 Å². The van der Waals surface area contributed by atoms with Gasteiger partial charge in [-0.2, -0.15) is 0 Å². The van der Waals surface area contributed by atoms with Gasteiger partial charge in [-0.05, 0) is 29.8 Å². The van der Waals surface area contributed by atoms with Crippen LogP contribution in [0.2, 0.25) is 0 Å². The van der Waals surface area contributed by atoms with E-state index in [1.54, 1.807) is 20.3 Å². The van der Waals surface area contributed by atoms with Gasteiger partial charge in [0, 0.05) is 12.7 Å². The first-order valence-electron chi connectivity index (χ1n) is 7.04. The number of carbonyl (C=O) groups excluding carboxylic acids is 1. The van der Waals surface area contributed by atoms with Crippen LogP contribution >= 0.6 is 11.3 Å². The number of carbonyl (C=O) groups is 1. The smallest absolute Gasteiger partial charge is 0.257 e. The van der Waals surface area contributed by atoms with Crippen molar-refractivity contribution in [3.63, 3.8) is 0 Å². The summed E-state index contributed by atoms with van der Waals surface area (Å²) in [5.74, 6) is 0.502. The van der Waals surface area contributed by atoms with Crippen LogP contribution < -0.4 is 10.1 Å². The van der Waals surface area contributed by atoms with Crippen molar-refractivity contribution in [3.8, 4) is 5.75 Å². The molecule has 0 aliphatic carbocycles. The summed E-state index contributed by atoms with van der Waals surface area (Å²) >= 11 is 1.42. The SMILES string of the molecule is COCc1cccc(C(=O)Nc2nc3c(OC)cccc3s2)c1. The molecule has 0 saturated carbocycles. The molecule has 1 heterocycles. The van der Waals surface area contributed by atoms with Crippen LogP contribution in [0.5, 0.6) is 5.75 Å². The summed E-state index contributed by atoms with van der Waals surface area (Å²) < 4.78 is 11.3. The molecule has 2 aromatic carbocycles. The van der Waals surface area contributed by atoms with Crippen molar-refractivity contribution in [1.29, 1.82) is 0 Å². The van der Waals surface area contributed by atoms with Crippen LogP contribution in [-0.2, 0) is 11.3 Å². The van der Waals surface area contributed by atoms with E-state index in [-0.39, 0.29) is 5.91 Å². The number of rotatable bonds is 5. The number of amides is 1. The molecule has 3 aromatic rings. The van der Waals surface area contributed by atoms with Crippen molar-refractivity contribution < 1.29 is 14.3 Å². The van der Waals surface area contributed by atoms with Crippen LogP contribution in [0.4, 0.5) is 5.13 Å². The molecule has 0 saturated heterocycles. The van der Waals surface area contributed by atoms with Gasteiger partial charge in [0.1, 0.15) is 11.3 Å². The maximum absolute atomic E-state index is 12.4. The quantitative estimate of drug-likeness (QED) is 0.776. The molecule has 0 aliphatic rings. The predicted molar refractivity (Wildman–Crippen MR) is 91.3 cm³/mol. The number of para-hydroxylation sites is 1. The molecule has 5 nitrogen and oxygen atoms in total. The zero-order chi connectivity index (χ0) is 16.2. The molecule has 0 fully saturated rings. The summed E-state index contributed by atoms with van der Waals surface area (Å²) in [6.07, 6.45) is 0. The Bertz CT molecular complexity index is 845. The summed E-state index contributed by atoms with van der Waals surface area (Å²) in [7, 11) is 3.23. The van der Waals surface area contributed by atoms with E-state index in [1.807, 2.05) is 36.4 Å². The number of thiazole rings is 1. The minimum atomic E-state index is -0.194. The van der Waals surface area contributed by atoms with Crippen LogP contribution in [0.3, 0.4) is 0 Å². The highest BCUT2D eigenvalue weighted by Gasteiger charge is 2.12. The molecule has 0 radical (unpaired) electrons. The number of methoxy groups -OCH3 is 2. The number of nitrogens with one attached hydrogen (secondary N) is 1. The summed E-state index contributed by atoms with van der Waals surface area (Å²) in [6.45, 7) is 0.472. The van der Waals surface area contributed by atoms with Crippen LogP contribution in [0.15, 0.2) is 42.5 Å². The third-order valence-corrected chi connectivity index (χ3v) is 4.26. The molecule has 0 atom stereocenters. The van der Waals surface area contributed by atoms with Crippen molar-refractivity contribution in [3.05, 3.63) is 53.6 Å². The van der Waals surface area contributed by atoms with Gasteiger partial charge in [-0.1, -0.05) is 29.5 Å². The second kappa shape index (κ2) is 6.76. The fourth-order valence-corrected chi connectivity index (χ4v) is 3.16.